The minimum atomic E-state index is -0.0345. The maximum absolute atomic E-state index is 11.2. The van der Waals surface area contributed by atoms with Crippen LogP contribution in [0, 0.1) is 0 Å². The lowest BCUT2D eigenvalue weighted by Crippen LogP contribution is -2.10. The topological polar surface area (TPSA) is 49.3 Å². The van der Waals surface area contributed by atoms with Crippen LogP contribution in [-0.4, -0.2) is 16.8 Å². The van der Waals surface area contributed by atoms with Gasteiger partial charge in [0.2, 0.25) is 5.91 Å². The average Bonchev–Trinajstić information content (AvgIpc) is 2.28. The van der Waals surface area contributed by atoms with E-state index in [0.29, 0.717) is 12.1 Å². The molecule has 0 spiro atoms. The van der Waals surface area contributed by atoms with Gasteiger partial charge in [-0.25, -0.2) is 0 Å². The largest absolute Gasteiger partial charge is 0.506 e. The van der Waals surface area contributed by atoms with Crippen LogP contribution in [0.4, 0.5) is 5.69 Å². The number of phenolic OH excluding ortho intramolecular Hbond substituents is 1. The van der Waals surface area contributed by atoms with Gasteiger partial charge in [0.1, 0.15) is 5.75 Å². The van der Waals surface area contributed by atoms with Crippen molar-refractivity contribution >= 4 is 23.4 Å². The van der Waals surface area contributed by atoms with Gasteiger partial charge < -0.3 is 10.4 Å². The Labute approximate surface area is 80.1 Å². The van der Waals surface area contributed by atoms with E-state index in [0.717, 1.165) is 10.6 Å². The Morgan fingerprint density at radius 3 is 3.15 bits per heavy atom. The first-order valence-corrected chi connectivity index (χ1v) is 5.00. The van der Waals surface area contributed by atoms with Gasteiger partial charge in [-0.3, -0.25) is 4.79 Å². The van der Waals surface area contributed by atoms with Crippen molar-refractivity contribution in [2.24, 2.45) is 0 Å². The van der Waals surface area contributed by atoms with Crippen molar-refractivity contribution in [2.45, 2.75) is 11.3 Å². The summed E-state index contributed by atoms with van der Waals surface area (Å²) in [6, 6.07) is 5.24. The molecule has 0 aromatic heterocycles. The van der Waals surface area contributed by atoms with E-state index in [-0.39, 0.29) is 11.7 Å². The summed E-state index contributed by atoms with van der Waals surface area (Å²) in [5.41, 5.74) is 0.551. The molecule has 1 aliphatic heterocycles. The van der Waals surface area contributed by atoms with E-state index in [1.54, 1.807) is 23.9 Å². The molecule has 1 aliphatic rings. The number of phenols is 1. The fraction of sp³-hybridized carbons (Fsp3) is 0.222. The van der Waals surface area contributed by atoms with Gasteiger partial charge in [-0.1, -0.05) is 6.07 Å². The van der Waals surface area contributed by atoms with Crippen molar-refractivity contribution in [2.75, 3.05) is 11.1 Å². The third-order valence-electron chi connectivity index (χ3n) is 1.86. The van der Waals surface area contributed by atoms with E-state index in [1.807, 2.05) is 6.07 Å². The fourth-order valence-electron chi connectivity index (χ4n) is 1.22. The van der Waals surface area contributed by atoms with Crippen LogP contribution in [0.25, 0.3) is 0 Å². The number of anilines is 1. The number of para-hydroxylation sites is 1. The molecule has 0 aliphatic carbocycles. The summed E-state index contributed by atoms with van der Waals surface area (Å²) >= 11 is 1.58. The summed E-state index contributed by atoms with van der Waals surface area (Å²) in [4.78, 5) is 12.1. The van der Waals surface area contributed by atoms with Crippen molar-refractivity contribution in [3.8, 4) is 5.75 Å². The monoisotopic (exact) mass is 195 g/mol. The number of aromatic hydroxyl groups is 1. The molecule has 0 saturated carbocycles. The van der Waals surface area contributed by atoms with Gasteiger partial charge in [-0.15, -0.1) is 11.8 Å². The van der Waals surface area contributed by atoms with E-state index in [1.165, 1.54) is 0 Å². The van der Waals surface area contributed by atoms with Crippen LogP contribution in [0.15, 0.2) is 23.1 Å². The van der Waals surface area contributed by atoms with Crippen molar-refractivity contribution in [1.82, 2.24) is 0 Å². The smallest absolute Gasteiger partial charge is 0.225 e. The van der Waals surface area contributed by atoms with Crippen LogP contribution >= 0.6 is 11.8 Å². The van der Waals surface area contributed by atoms with Crippen LogP contribution in [0.1, 0.15) is 6.42 Å². The summed E-state index contributed by atoms with van der Waals surface area (Å²) in [6.07, 6.45) is 0.499. The van der Waals surface area contributed by atoms with Gasteiger partial charge in [0, 0.05) is 17.1 Å². The maximum Gasteiger partial charge on any atom is 0.225 e. The molecule has 4 heteroatoms. The Bertz CT molecular complexity index is 351. The molecule has 2 rings (SSSR count). The van der Waals surface area contributed by atoms with Crippen LogP contribution in [0.3, 0.4) is 0 Å². The molecule has 0 bridgehead atoms. The third kappa shape index (κ3) is 1.62. The van der Waals surface area contributed by atoms with Crippen molar-refractivity contribution in [3.05, 3.63) is 18.2 Å². The van der Waals surface area contributed by atoms with Crippen LogP contribution < -0.4 is 5.32 Å². The second kappa shape index (κ2) is 3.30. The minimum Gasteiger partial charge on any atom is -0.506 e. The summed E-state index contributed by atoms with van der Waals surface area (Å²) in [5, 5.41) is 12.2. The molecule has 0 saturated heterocycles. The second-order valence-electron chi connectivity index (χ2n) is 2.80. The number of hydrogen-bond acceptors (Lipinski definition) is 3. The number of carbonyl (C=O) groups is 1. The Morgan fingerprint density at radius 2 is 2.31 bits per heavy atom. The minimum absolute atomic E-state index is 0.0345. The summed E-state index contributed by atoms with van der Waals surface area (Å²) < 4.78 is 0. The molecule has 68 valence electrons. The van der Waals surface area contributed by atoms with Gasteiger partial charge >= 0.3 is 0 Å². The van der Waals surface area contributed by atoms with E-state index in [2.05, 4.69) is 5.32 Å². The fourth-order valence-corrected chi connectivity index (χ4v) is 2.20. The molecule has 1 aromatic carbocycles. The van der Waals surface area contributed by atoms with Crippen LogP contribution in [-0.2, 0) is 4.79 Å². The number of amides is 1. The molecule has 0 radical (unpaired) electrons. The zero-order valence-corrected chi connectivity index (χ0v) is 7.73. The lowest BCUT2D eigenvalue weighted by molar-refractivity contribution is -0.115. The quantitative estimate of drug-likeness (QED) is 0.621. The van der Waals surface area contributed by atoms with Gasteiger partial charge in [-0.05, 0) is 12.1 Å². The molecule has 0 fully saturated rings. The molecule has 3 nitrogen and oxygen atoms in total. The highest BCUT2D eigenvalue weighted by Crippen LogP contribution is 2.36. The number of hydrogen-bond donors (Lipinski definition) is 2. The number of rotatable bonds is 0. The predicted molar refractivity (Wildman–Crippen MR) is 52.1 cm³/mol. The average molecular weight is 195 g/mol. The molecular weight excluding hydrogens is 186 g/mol. The highest BCUT2D eigenvalue weighted by atomic mass is 32.2. The van der Waals surface area contributed by atoms with Crippen LogP contribution in [0.2, 0.25) is 0 Å². The maximum atomic E-state index is 11.2. The molecule has 2 N–H and O–H groups in total. The Hall–Kier alpha value is -1.16. The van der Waals surface area contributed by atoms with Gasteiger partial charge in [-0.2, -0.15) is 0 Å². The first-order chi connectivity index (χ1) is 6.27. The van der Waals surface area contributed by atoms with Crippen molar-refractivity contribution < 1.29 is 9.90 Å². The molecule has 0 atom stereocenters. The van der Waals surface area contributed by atoms with E-state index in [9.17, 15) is 9.90 Å². The Morgan fingerprint density at radius 1 is 1.46 bits per heavy atom. The standard InChI is InChI=1S/C9H9NO2S/c11-6-2-1-3-7-9(6)10-8(12)4-5-13-7/h1-3,11H,4-5H2,(H,10,12). The van der Waals surface area contributed by atoms with Crippen LogP contribution in [0.5, 0.6) is 5.75 Å². The van der Waals surface area contributed by atoms with Gasteiger partial charge in [0.25, 0.3) is 0 Å². The number of benzene rings is 1. The molecular formula is C9H9NO2S. The number of thioether (sulfide) groups is 1. The number of carbonyl (C=O) groups excluding carboxylic acids is 1. The Kier molecular flexibility index (Phi) is 2.14. The molecule has 13 heavy (non-hydrogen) atoms. The normalized spacial score (nSPS) is 15.8. The van der Waals surface area contributed by atoms with Crippen molar-refractivity contribution in [1.29, 1.82) is 0 Å². The van der Waals surface area contributed by atoms with E-state index < -0.39 is 0 Å². The SMILES string of the molecule is O=C1CCSc2cccc(O)c2N1. The zero-order valence-electron chi connectivity index (χ0n) is 6.91. The lowest BCUT2D eigenvalue weighted by atomic mass is 10.3. The summed E-state index contributed by atoms with van der Waals surface area (Å²) in [6.45, 7) is 0. The molecule has 1 heterocycles. The highest BCUT2D eigenvalue weighted by molar-refractivity contribution is 7.99. The lowest BCUT2D eigenvalue weighted by Gasteiger charge is -2.06. The predicted octanol–water partition coefficient (Wildman–Crippen LogP) is 1.83. The third-order valence-corrected chi connectivity index (χ3v) is 2.91. The summed E-state index contributed by atoms with van der Waals surface area (Å²) in [7, 11) is 0. The molecule has 0 unspecified atom stereocenters. The Balaban J connectivity index is 2.46. The van der Waals surface area contributed by atoms with Gasteiger partial charge in [0.15, 0.2) is 0 Å². The van der Waals surface area contributed by atoms with E-state index in [4.69, 9.17) is 0 Å². The molecule has 1 aromatic rings. The first kappa shape index (κ1) is 8.44. The van der Waals surface area contributed by atoms with Gasteiger partial charge in [0.05, 0.1) is 5.69 Å². The highest BCUT2D eigenvalue weighted by Gasteiger charge is 2.15. The van der Waals surface area contributed by atoms with E-state index >= 15 is 0 Å². The second-order valence-corrected chi connectivity index (χ2v) is 3.93. The summed E-state index contributed by atoms with van der Waals surface area (Å²) in [5.74, 6) is 0.871. The first-order valence-electron chi connectivity index (χ1n) is 4.02. The molecule has 1 amide bonds. The van der Waals surface area contributed by atoms with Crippen molar-refractivity contribution in [3.63, 3.8) is 0 Å². The zero-order chi connectivity index (χ0) is 9.26. The number of fused-ring (bicyclic) bond motifs is 1. The number of nitrogens with one attached hydrogen (secondary N) is 1.